The van der Waals surface area contributed by atoms with Crippen molar-refractivity contribution in [3.63, 3.8) is 0 Å². The highest BCUT2D eigenvalue weighted by Crippen LogP contribution is 2.32. The Morgan fingerprint density at radius 2 is 2.00 bits per heavy atom. The summed E-state index contributed by atoms with van der Waals surface area (Å²) >= 11 is 0. The van der Waals surface area contributed by atoms with Gasteiger partial charge in [-0.05, 0) is 12.1 Å². The molecule has 0 radical (unpaired) electrons. The van der Waals surface area contributed by atoms with Crippen LogP contribution < -0.4 is 5.73 Å². The highest BCUT2D eigenvalue weighted by molar-refractivity contribution is 5.74. The number of nitrogens with one attached hydrogen (secondary N) is 1. The Kier molecular flexibility index (Phi) is 2.03. The molecule has 4 nitrogen and oxygen atoms in total. The number of rotatable bonds is 1. The molecule has 0 aliphatic heterocycles. The molecular weight excluding hydrogens is 204 g/mol. The van der Waals surface area contributed by atoms with Crippen molar-refractivity contribution in [2.24, 2.45) is 0 Å². The summed E-state index contributed by atoms with van der Waals surface area (Å²) in [5, 5.41) is 15.1. The molecule has 6 heteroatoms. The molecular formula is C9H7F2N3O. The second kappa shape index (κ2) is 3.23. The predicted molar refractivity (Wildman–Crippen MR) is 50.0 cm³/mol. The number of aromatic nitrogens is 2. The van der Waals surface area contributed by atoms with Crippen molar-refractivity contribution in [3.8, 4) is 16.9 Å². The predicted octanol–water partition coefficient (Wildman–Crippen LogP) is 1.64. The van der Waals surface area contributed by atoms with Crippen molar-refractivity contribution in [3.05, 3.63) is 30.0 Å². The first-order chi connectivity index (χ1) is 7.11. The summed E-state index contributed by atoms with van der Waals surface area (Å²) in [5.74, 6) is -2.94. The van der Waals surface area contributed by atoms with Crippen LogP contribution in [0, 0.1) is 11.6 Å². The van der Waals surface area contributed by atoms with Crippen molar-refractivity contribution in [1.82, 2.24) is 10.2 Å². The van der Waals surface area contributed by atoms with Crippen LogP contribution in [0.2, 0.25) is 0 Å². The van der Waals surface area contributed by atoms with Crippen LogP contribution in [-0.2, 0) is 0 Å². The number of hydrogen-bond acceptors (Lipinski definition) is 3. The summed E-state index contributed by atoms with van der Waals surface area (Å²) in [7, 11) is 0. The third kappa shape index (κ3) is 1.39. The minimum absolute atomic E-state index is 0.000139. The van der Waals surface area contributed by atoms with Crippen LogP contribution in [0.15, 0.2) is 18.3 Å². The Balaban J connectivity index is 2.65. The monoisotopic (exact) mass is 211 g/mol. The Bertz CT molecular complexity index is 510. The van der Waals surface area contributed by atoms with Crippen molar-refractivity contribution in [2.75, 3.05) is 5.73 Å². The lowest BCUT2D eigenvalue weighted by atomic mass is 10.1. The minimum atomic E-state index is -1.05. The lowest BCUT2D eigenvalue weighted by Crippen LogP contribution is -1.91. The molecule has 2 rings (SSSR count). The molecule has 0 spiro atoms. The second-order valence-electron chi connectivity index (χ2n) is 2.95. The van der Waals surface area contributed by atoms with Gasteiger partial charge in [-0.2, -0.15) is 5.10 Å². The molecule has 15 heavy (non-hydrogen) atoms. The summed E-state index contributed by atoms with van der Waals surface area (Å²) in [6, 6.07) is 2.14. The molecule has 0 aliphatic rings. The van der Waals surface area contributed by atoms with Crippen molar-refractivity contribution in [1.29, 1.82) is 0 Å². The highest BCUT2D eigenvalue weighted by Gasteiger charge is 2.16. The van der Waals surface area contributed by atoms with E-state index < -0.39 is 17.4 Å². The lowest BCUT2D eigenvalue weighted by Gasteiger charge is -2.03. The molecule has 4 N–H and O–H groups in total. The normalized spacial score (nSPS) is 10.5. The largest absolute Gasteiger partial charge is 0.503 e. The van der Waals surface area contributed by atoms with Gasteiger partial charge in [0.15, 0.2) is 17.4 Å². The van der Waals surface area contributed by atoms with Crippen LogP contribution in [0.25, 0.3) is 11.1 Å². The van der Waals surface area contributed by atoms with Gasteiger partial charge in [0.05, 0.1) is 6.20 Å². The zero-order chi connectivity index (χ0) is 11.0. The summed E-state index contributed by atoms with van der Waals surface area (Å²) in [6.45, 7) is 0. The van der Waals surface area contributed by atoms with E-state index in [2.05, 4.69) is 10.2 Å². The first kappa shape index (κ1) is 9.45. The number of hydrogen-bond donors (Lipinski definition) is 3. The fourth-order valence-corrected chi connectivity index (χ4v) is 1.26. The van der Waals surface area contributed by atoms with Gasteiger partial charge in [-0.25, -0.2) is 8.78 Å². The highest BCUT2D eigenvalue weighted by atomic mass is 19.1. The van der Waals surface area contributed by atoms with Gasteiger partial charge in [-0.3, -0.25) is 5.10 Å². The number of phenols is 1. The average molecular weight is 211 g/mol. The summed E-state index contributed by atoms with van der Waals surface area (Å²) in [6.07, 6.45) is 1.30. The molecule has 1 aromatic carbocycles. The van der Waals surface area contributed by atoms with Gasteiger partial charge in [0.1, 0.15) is 5.82 Å². The van der Waals surface area contributed by atoms with Gasteiger partial charge in [0, 0.05) is 11.1 Å². The number of nitrogens with two attached hydrogens (primary N) is 1. The van der Waals surface area contributed by atoms with Gasteiger partial charge in [-0.15, -0.1) is 0 Å². The molecule has 0 fully saturated rings. The third-order valence-corrected chi connectivity index (χ3v) is 2.03. The van der Waals surface area contributed by atoms with E-state index in [-0.39, 0.29) is 16.9 Å². The van der Waals surface area contributed by atoms with Gasteiger partial charge in [0.25, 0.3) is 0 Å². The number of H-pyrrole nitrogens is 1. The molecule has 78 valence electrons. The fraction of sp³-hybridized carbons (Fsp3) is 0. The van der Waals surface area contributed by atoms with E-state index in [1.807, 2.05) is 0 Å². The molecule has 1 aromatic heterocycles. The van der Waals surface area contributed by atoms with E-state index in [1.165, 1.54) is 12.3 Å². The molecule has 0 aliphatic carbocycles. The summed E-state index contributed by atoms with van der Waals surface area (Å²) in [5.41, 5.74) is 5.75. The molecule has 0 unspecified atom stereocenters. The van der Waals surface area contributed by atoms with Crippen LogP contribution in [0.1, 0.15) is 0 Å². The van der Waals surface area contributed by atoms with Crippen molar-refractivity contribution in [2.45, 2.75) is 0 Å². The minimum Gasteiger partial charge on any atom is -0.503 e. The van der Waals surface area contributed by atoms with E-state index in [1.54, 1.807) is 0 Å². The molecule has 1 heterocycles. The van der Waals surface area contributed by atoms with Crippen LogP contribution in [0.4, 0.5) is 14.6 Å². The Hall–Kier alpha value is -2.11. The van der Waals surface area contributed by atoms with E-state index in [0.717, 1.165) is 6.07 Å². The molecule has 0 amide bonds. The maximum absolute atomic E-state index is 13.4. The third-order valence-electron chi connectivity index (χ3n) is 2.03. The molecule has 0 saturated carbocycles. The number of anilines is 1. The Morgan fingerprint density at radius 3 is 2.60 bits per heavy atom. The maximum atomic E-state index is 13.4. The second-order valence-corrected chi connectivity index (χ2v) is 2.95. The van der Waals surface area contributed by atoms with Crippen LogP contribution in [-0.4, -0.2) is 15.3 Å². The molecule has 2 aromatic rings. The number of halogens is 2. The molecule has 0 atom stereocenters. The number of nitrogens with zero attached hydrogens (tertiary/aromatic N) is 1. The summed E-state index contributed by atoms with van der Waals surface area (Å²) < 4.78 is 26.2. The zero-order valence-electron chi connectivity index (χ0n) is 7.46. The topological polar surface area (TPSA) is 74.9 Å². The zero-order valence-corrected chi connectivity index (χ0v) is 7.46. The van der Waals surface area contributed by atoms with Crippen LogP contribution in [0.3, 0.4) is 0 Å². The molecule has 0 saturated heterocycles. The average Bonchev–Trinajstić information content (AvgIpc) is 2.62. The fourth-order valence-electron chi connectivity index (χ4n) is 1.26. The number of benzene rings is 1. The standard InChI is InChI=1S/C9H7F2N3O/c10-6-2-1-4(7(11)8(6)15)5-3-13-14-9(5)12/h1-3,15H,(H3,12,13,14). The van der Waals surface area contributed by atoms with Crippen LogP contribution >= 0.6 is 0 Å². The van der Waals surface area contributed by atoms with E-state index in [9.17, 15) is 8.78 Å². The smallest absolute Gasteiger partial charge is 0.188 e. The number of aromatic hydroxyl groups is 1. The first-order valence-corrected chi connectivity index (χ1v) is 4.07. The maximum Gasteiger partial charge on any atom is 0.188 e. The Morgan fingerprint density at radius 1 is 1.27 bits per heavy atom. The number of phenolic OH excluding ortho intramolecular Hbond substituents is 1. The molecule has 0 bridgehead atoms. The Labute approximate surface area is 83.4 Å². The quantitative estimate of drug-likeness (QED) is 0.671. The summed E-state index contributed by atoms with van der Waals surface area (Å²) in [4.78, 5) is 0. The lowest BCUT2D eigenvalue weighted by molar-refractivity contribution is 0.397. The van der Waals surface area contributed by atoms with Gasteiger partial charge >= 0.3 is 0 Å². The van der Waals surface area contributed by atoms with E-state index in [4.69, 9.17) is 10.8 Å². The van der Waals surface area contributed by atoms with Gasteiger partial charge in [-0.1, -0.05) is 0 Å². The number of aromatic amines is 1. The van der Waals surface area contributed by atoms with Gasteiger partial charge in [0.2, 0.25) is 0 Å². The van der Waals surface area contributed by atoms with E-state index >= 15 is 0 Å². The van der Waals surface area contributed by atoms with Crippen molar-refractivity contribution >= 4 is 5.82 Å². The van der Waals surface area contributed by atoms with Crippen LogP contribution in [0.5, 0.6) is 5.75 Å². The number of nitrogen functional groups attached to an aromatic ring is 1. The van der Waals surface area contributed by atoms with Gasteiger partial charge < -0.3 is 10.8 Å². The first-order valence-electron chi connectivity index (χ1n) is 4.07. The SMILES string of the molecule is Nc1[nH]ncc1-c1ccc(F)c(O)c1F. The van der Waals surface area contributed by atoms with Crippen molar-refractivity contribution < 1.29 is 13.9 Å². The van der Waals surface area contributed by atoms with E-state index in [0.29, 0.717) is 0 Å².